The predicted molar refractivity (Wildman–Crippen MR) is 73.6 cm³/mol. The molecule has 0 aromatic rings. The Morgan fingerprint density at radius 3 is 2.50 bits per heavy atom. The predicted octanol–water partition coefficient (Wildman–Crippen LogP) is 3.77. The molecule has 0 aromatic heterocycles. The minimum atomic E-state index is -1.61. The molecule has 94 valence electrons. The van der Waals surface area contributed by atoms with Gasteiger partial charge in [-0.25, -0.2) is 9.10 Å². The molecule has 0 saturated carbocycles. The van der Waals surface area contributed by atoms with Crippen LogP contribution in [0.2, 0.25) is 0 Å². The van der Waals surface area contributed by atoms with Crippen molar-refractivity contribution in [1.29, 1.82) is 0 Å². The van der Waals surface area contributed by atoms with Crippen LogP contribution in [0, 0.1) is 0 Å². The Morgan fingerprint density at radius 2 is 2.06 bits per heavy atom. The normalized spacial score (nSPS) is 12.5. The number of hydrogen-bond donors (Lipinski definition) is 0. The van der Waals surface area contributed by atoms with Gasteiger partial charge in [-0.05, 0) is 13.2 Å². The van der Waals surface area contributed by atoms with E-state index in [2.05, 4.69) is 9.99 Å². The summed E-state index contributed by atoms with van der Waals surface area (Å²) in [5, 5.41) is 3.63. The molecule has 0 bridgehead atoms. The molecule has 4 nitrogen and oxygen atoms in total. The molecule has 0 aliphatic carbocycles. The lowest BCUT2D eigenvalue weighted by molar-refractivity contribution is 0.137. The van der Waals surface area contributed by atoms with Crippen LogP contribution in [-0.4, -0.2) is 38.3 Å². The van der Waals surface area contributed by atoms with Gasteiger partial charge >= 0.3 is 6.09 Å². The number of halogens is 3. The third-order valence-electron chi connectivity index (χ3n) is 1.13. The summed E-state index contributed by atoms with van der Waals surface area (Å²) in [5.41, 5.74) is 0.702. The van der Waals surface area contributed by atoms with Gasteiger partial charge in [0.15, 0.2) is 0 Å². The lowest BCUT2D eigenvalue weighted by Crippen LogP contribution is -2.22. The Morgan fingerprint density at radius 1 is 1.50 bits per heavy atom. The van der Waals surface area contributed by atoms with E-state index in [0.717, 1.165) is 4.31 Å². The monoisotopic (exact) mass is 324 g/mol. The molecular formula is C7H11Cl3N2O2S2. The van der Waals surface area contributed by atoms with Crippen molar-refractivity contribution in [2.45, 2.75) is 10.0 Å². The van der Waals surface area contributed by atoms with Gasteiger partial charge in [-0.2, -0.15) is 11.8 Å². The van der Waals surface area contributed by atoms with Gasteiger partial charge in [0.2, 0.25) is 0 Å². The minimum Gasteiger partial charge on any atom is -0.297 e. The minimum absolute atomic E-state index is 0.689. The highest BCUT2D eigenvalue weighted by Gasteiger charge is 2.27. The largest absolute Gasteiger partial charge is 0.445 e. The Kier molecular flexibility index (Phi) is 8.01. The van der Waals surface area contributed by atoms with E-state index in [1.165, 1.54) is 7.05 Å². The van der Waals surface area contributed by atoms with Gasteiger partial charge in [-0.3, -0.25) is 4.84 Å². The molecule has 0 saturated heterocycles. The molecule has 0 atom stereocenters. The van der Waals surface area contributed by atoms with Crippen LogP contribution in [-0.2, 0) is 4.84 Å². The van der Waals surface area contributed by atoms with E-state index in [1.54, 1.807) is 18.7 Å². The topological polar surface area (TPSA) is 41.9 Å². The molecule has 0 rings (SSSR count). The Hall–Kier alpha value is 0.510. The molecule has 0 N–H and O–H groups in total. The molecule has 16 heavy (non-hydrogen) atoms. The van der Waals surface area contributed by atoms with Gasteiger partial charge in [0.1, 0.15) is 0 Å². The number of hydrogen-bond acceptors (Lipinski definition) is 5. The van der Waals surface area contributed by atoms with Crippen LogP contribution in [0.1, 0.15) is 6.92 Å². The molecule has 0 spiro atoms. The first-order valence-electron chi connectivity index (χ1n) is 3.99. The molecular weight excluding hydrogens is 315 g/mol. The maximum atomic E-state index is 11.3. The average Bonchev–Trinajstić information content (AvgIpc) is 2.11. The first kappa shape index (κ1) is 16.5. The lowest BCUT2D eigenvalue weighted by Gasteiger charge is -2.17. The number of carbonyl (C=O) groups excluding carboxylic acids is 1. The highest BCUT2D eigenvalue weighted by atomic mass is 35.6. The number of carbonyl (C=O) groups is 1. The van der Waals surface area contributed by atoms with Crippen molar-refractivity contribution in [2.24, 2.45) is 5.16 Å². The van der Waals surface area contributed by atoms with Crippen molar-refractivity contribution in [2.75, 3.05) is 19.1 Å². The van der Waals surface area contributed by atoms with Crippen molar-refractivity contribution in [3.8, 4) is 0 Å². The molecule has 9 heteroatoms. The standard InChI is InChI=1S/C7H11Cl3N2O2S2/c1-5(4-15-3)11-14-6(13)12(2)16-7(8,9)10/h4H2,1-3H3. The Labute approximate surface area is 118 Å². The van der Waals surface area contributed by atoms with Crippen LogP contribution < -0.4 is 0 Å². The molecule has 0 aliphatic heterocycles. The van der Waals surface area contributed by atoms with Crippen LogP contribution in [0.3, 0.4) is 0 Å². The number of alkyl halides is 3. The summed E-state index contributed by atoms with van der Waals surface area (Å²) in [7, 11) is 1.42. The molecule has 0 heterocycles. The number of thioether (sulfide) groups is 1. The van der Waals surface area contributed by atoms with E-state index in [9.17, 15) is 4.79 Å². The maximum absolute atomic E-state index is 11.3. The molecule has 1 amide bonds. The smallest absolute Gasteiger partial charge is 0.297 e. The summed E-state index contributed by atoms with van der Waals surface area (Å²) in [6, 6.07) is 0. The number of rotatable bonds is 4. The van der Waals surface area contributed by atoms with Crippen molar-refractivity contribution in [3.63, 3.8) is 0 Å². The fraction of sp³-hybridized carbons (Fsp3) is 0.714. The first-order valence-corrected chi connectivity index (χ1v) is 7.29. The van der Waals surface area contributed by atoms with Gasteiger partial charge in [-0.15, -0.1) is 0 Å². The quantitative estimate of drug-likeness (QED) is 0.259. The highest BCUT2D eigenvalue weighted by Crippen LogP contribution is 2.40. The second-order valence-electron chi connectivity index (χ2n) is 2.65. The number of amides is 1. The second-order valence-corrected chi connectivity index (χ2v) is 7.81. The van der Waals surface area contributed by atoms with Crippen LogP contribution >= 0.6 is 58.5 Å². The first-order chi connectivity index (χ1) is 7.26. The molecule has 0 fully saturated rings. The van der Waals surface area contributed by atoms with Gasteiger partial charge in [0, 0.05) is 24.7 Å². The summed E-state index contributed by atoms with van der Waals surface area (Å²) >= 11 is 18.8. The lowest BCUT2D eigenvalue weighted by atomic mass is 10.5. The molecule has 0 aliphatic rings. The fourth-order valence-corrected chi connectivity index (χ4v) is 2.42. The van der Waals surface area contributed by atoms with Crippen molar-refractivity contribution in [3.05, 3.63) is 0 Å². The summed E-state index contributed by atoms with van der Waals surface area (Å²) in [6.45, 7) is 1.76. The highest BCUT2D eigenvalue weighted by molar-refractivity contribution is 8.03. The van der Waals surface area contributed by atoms with Gasteiger partial charge < -0.3 is 0 Å². The van der Waals surface area contributed by atoms with E-state index in [1.807, 2.05) is 6.26 Å². The number of nitrogens with zero attached hydrogens (tertiary/aromatic N) is 2. The Balaban J connectivity index is 4.11. The van der Waals surface area contributed by atoms with E-state index in [-0.39, 0.29) is 0 Å². The van der Waals surface area contributed by atoms with Crippen molar-refractivity contribution in [1.82, 2.24) is 4.31 Å². The summed E-state index contributed by atoms with van der Waals surface area (Å²) in [4.78, 5) is 16.0. The summed E-state index contributed by atoms with van der Waals surface area (Å²) in [5.74, 6) is 0.689. The number of oxime groups is 1. The maximum Gasteiger partial charge on any atom is 0.445 e. The summed E-state index contributed by atoms with van der Waals surface area (Å²) in [6.07, 6.45) is 1.22. The third kappa shape index (κ3) is 8.64. The fourth-order valence-electron chi connectivity index (χ4n) is 0.602. The van der Waals surface area contributed by atoms with E-state index in [0.29, 0.717) is 23.4 Å². The van der Waals surface area contributed by atoms with Crippen LogP contribution in [0.15, 0.2) is 5.16 Å². The zero-order chi connectivity index (χ0) is 12.8. The second kappa shape index (κ2) is 7.76. The van der Waals surface area contributed by atoms with E-state index < -0.39 is 9.22 Å². The SMILES string of the molecule is CSCC(C)=NOC(=O)N(C)SC(Cl)(Cl)Cl. The van der Waals surface area contributed by atoms with Crippen molar-refractivity contribution >= 4 is 70.3 Å². The molecule has 0 aromatic carbocycles. The van der Waals surface area contributed by atoms with Crippen LogP contribution in [0.4, 0.5) is 4.79 Å². The Bertz CT molecular complexity index is 271. The average molecular weight is 326 g/mol. The van der Waals surface area contributed by atoms with Crippen LogP contribution in [0.25, 0.3) is 0 Å². The zero-order valence-corrected chi connectivity index (χ0v) is 12.8. The molecule has 0 radical (unpaired) electrons. The zero-order valence-electron chi connectivity index (χ0n) is 8.87. The van der Waals surface area contributed by atoms with E-state index in [4.69, 9.17) is 34.8 Å². The van der Waals surface area contributed by atoms with Gasteiger partial charge in [0.25, 0.3) is 3.12 Å². The van der Waals surface area contributed by atoms with Gasteiger partial charge in [-0.1, -0.05) is 40.0 Å². The van der Waals surface area contributed by atoms with Gasteiger partial charge in [0.05, 0.1) is 5.71 Å². The summed E-state index contributed by atoms with van der Waals surface area (Å²) < 4.78 is -0.547. The van der Waals surface area contributed by atoms with E-state index >= 15 is 0 Å². The third-order valence-corrected chi connectivity index (χ3v) is 3.09. The van der Waals surface area contributed by atoms with Crippen LogP contribution in [0.5, 0.6) is 0 Å². The van der Waals surface area contributed by atoms with Crippen molar-refractivity contribution < 1.29 is 9.63 Å². The molecule has 0 unspecified atom stereocenters.